The van der Waals surface area contributed by atoms with Gasteiger partial charge in [-0.25, -0.2) is 0 Å². The lowest BCUT2D eigenvalue weighted by Crippen LogP contribution is -2.47. The summed E-state index contributed by atoms with van der Waals surface area (Å²) in [4.78, 5) is 18.6. The van der Waals surface area contributed by atoms with Crippen molar-refractivity contribution in [1.82, 2.24) is 15.5 Å². The quantitative estimate of drug-likeness (QED) is 0.198. The van der Waals surface area contributed by atoms with Crippen LogP contribution in [0.15, 0.2) is 35.3 Å². The number of methoxy groups -OCH3 is 1. The maximum absolute atomic E-state index is 12.5. The van der Waals surface area contributed by atoms with Crippen LogP contribution in [-0.2, 0) is 20.7 Å². The number of likely N-dealkylation sites (tertiary alicyclic amines) is 1. The van der Waals surface area contributed by atoms with Gasteiger partial charge in [-0.15, -0.1) is 24.0 Å². The van der Waals surface area contributed by atoms with Gasteiger partial charge >= 0.3 is 0 Å². The summed E-state index contributed by atoms with van der Waals surface area (Å²) in [7, 11) is 3.37. The number of piperidine rings is 1. The van der Waals surface area contributed by atoms with E-state index in [2.05, 4.69) is 46.0 Å². The monoisotopic (exact) mass is 532 g/mol. The van der Waals surface area contributed by atoms with Gasteiger partial charge in [0.2, 0.25) is 5.91 Å². The third-order valence-corrected chi connectivity index (χ3v) is 5.15. The molecule has 1 heterocycles. The van der Waals surface area contributed by atoms with Gasteiger partial charge in [0.15, 0.2) is 5.96 Å². The van der Waals surface area contributed by atoms with Crippen molar-refractivity contribution in [3.05, 3.63) is 35.9 Å². The van der Waals surface area contributed by atoms with Gasteiger partial charge in [-0.05, 0) is 37.2 Å². The molecule has 0 bridgehead atoms. The second-order valence-electron chi connectivity index (χ2n) is 7.33. The molecule has 0 aliphatic carbocycles. The van der Waals surface area contributed by atoms with Crippen molar-refractivity contribution in [2.24, 2.45) is 10.9 Å². The number of hydrogen-bond donors (Lipinski definition) is 2. The Kier molecular flexibility index (Phi) is 14.5. The molecule has 0 atom stereocenters. The first-order valence-corrected chi connectivity index (χ1v) is 10.6. The smallest absolute Gasteiger partial charge is 0.241 e. The van der Waals surface area contributed by atoms with E-state index in [1.54, 1.807) is 14.2 Å². The number of rotatable bonds is 11. The van der Waals surface area contributed by atoms with E-state index in [9.17, 15) is 4.79 Å². The van der Waals surface area contributed by atoms with Crippen LogP contribution in [-0.4, -0.2) is 76.9 Å². The SMILES string of the molecule is CN=C(NCCCOCCOC)NCC(=O)N1CCC(Cc2ccccc2)CC1.I. The molecule has 2 rings (SSSR count). The number of amides is 1. The number of carbonyl (C=O) groups is 1. The average Bonchev–Trinajstić information content (AvgIpc) is 2.76. The van der Waals surface area contributed by atoms with E-state index >= 15 is 0 Å². The Morgan fingerprint density at radius 1 is 1.13 bits per heavy atom. The highest BCUT2D eigenvalue weighted by Crippen LogP contribution is 2.21. The lowest BCUT2D eigenvalue weighted by molar-refractivity contribution is -0.131. The van der Waals surface area contributed by atoms with Gasteiger partial charge < -0.3 is 25.0 Å². The molecule has 1 aromatic rings. The average molecular weight is 532 g/mol. The van der Waals surface area contributed by atoms with Crippen LogP contribution in [0.4, 0.5) is 0 Å². The third-order valence-electron chi connectivity index (χ3n) is 5.15. The van der Waals surface area contributed by atoms with Crippen molar-refractivity contribution < 1.29 is 14.3 Å². The van der Waals surface area contributed by atoms with E-state index < -0.39 is 0 Å². The molecular formula is C22H37IN4O3. The highest BCUT2D eigenvalue weighted by molar-refractivity contribution is 14.0. The number of nitrogens with one attached hydrogen (secondary N) is 2. The highest BCUT2D eigenvalue weighted by atomic mass is 127. The highest BCUT2D eigenvalue weighted by Gasteiger charge is 2.22. The fourth-order valence-corrected chi connectivity index (χ4v) is 3.45. The van der Waals surface area contributed by atoms with Crippen molar-refractivity contribution in [3.8, 4) is 0 Å². The molecule has 170 valence electrons. The minimum atomic E-state index is 0. The van der Waals surface area contributed by atoms with Crippen molar-refractivity contribution in [3.63, 3.8) is 0 Å². The molecule has 1 aliphatic rings. The molecule has 1 fully saturated rings. The molecule has 1 aromatic carbocycles. The minimum absolute atomic E-state index is 0. The van der Waals surface area contributed by atoms with Crippen LogP contribution >= 0.6 is 24.0 Å². The Hall–Kier alpha value is -1.39. The molecule has 0 unspecified atom stereocenters. The summed E-state index contributed by atoms with van der Waals surface area (Å²) in [5.74, 6) is 1.44. The minimum Gasteiger partial charge on any atom is -0.382 e. The number of nitrogens with zero attached hydrogens (tertiary/aromatic N) is 2. The predicted molar refractivity (Wildman–Crippen MR) is 132 cm³/mol. The van der Waals surface area contributed by atoms with Gasteiger partial charge in [0.05, 0.1) is 19.8 Å². The maximum atomic E-state index is 12.5. The number of guanidine groups is 1. The molecule has 2 N–H and O–H groups in total. The van der Waals surface area contributed by atoms with Crippen LogP contribution < -0.4 is 10.6 Å². The Bertz CT molecular complexity index is 608. The van der Waals surface area contributed by atoms with Crippen molar-refractivity contribution in [2.45, 2.75) is 25.7 Å². The first-order valence-electron chi connectivity index (χ1n) is 10.6. The number of aliphatic imine (C=N–C) groups is 1. The van der Waals surface area contributed by atoms with Crippen LogP contribution in [0.1, 0.15) is 24.8 Å². The van der Waals surface area contributed by atoms with E-state index in [0.717, 1.165) is 45.3 Å². The Labute approximate surface area is 198 Å². The number of halogens is 1. The predicted octanol–water partition coefficient (Wildman–Crippen LogP) is 2.30. The number of benzene rings is 1. The molecule has 1 saturated heterocycles. The molecule has 1 aliphatic heterocycles. The van der Waals surface area contributed by atoms with E-state index in [1.807, 2.05) is 4.90 Å². The number of carbonyl (C=O) groups excluding carboxylic acids is 1. The second kappa shape index (κ2) is 16.3. The maximum Gasteiger partial charge on any atom is 0.241 e. The molecule has 7 nitrogen and oxygen atoms in total. The zero-order valence-electron chi connectivity index (χ0n) is 18.3. The van der Waals surface area contributed by atoms with Crippen LogP contribution in [0.5, 0.6) is 0 Å². The van der Waals surface area contributed by atoms with Gasteiger partial charge in [-0.1, -0.05) is 30.3 Å². The van der Waals surface area contributed by atoms with Crippen molar-refractivity contribution in [1.29, 1.82) is 0 Å². The summed E-state index contributed by atoms with van der Waals surface area (Å²) < 4.78 is 10.4. The van der Waals surface area contributed by atoms with E-state index in [1.165, 1.54) is 5.56 Å². The first-order chi connectivity index (χ1) is 14.2. The van der Waals surface area contributed by atoms with Gasteiger partial charge in [0.25, 0.3) is 0 Å². The van der Waals surface area contributed by atoms with Crippen LogP contribution in [0.2, 0.25) is 0 Å². The van der Waals surface area contributed by atoms with Crippen LogP contribution in [0, 0.1) is 5.92 Å². The van der Waals surface area contributed by atoms with Crippen LogP contribution in [0.25, 0.3) is 0 Å². The molecular weight excluding hydrogens is 495 g/mol. The van der Waals surface area contributed by atoms with E-state index in [-0.39, 0.29) is 36.4 Å². The van der Waals surface area contributed by atoms with Crippen LogP contribution in [0.3, 0.4) is 0 Å². The van der Waals surface area contributed by atoms with Crippen molar-refractivity contribution >= 4 is 35.8 Å². The summed E-state index contributed by atoms with van der Waals surface area (Å²) in [5, 5.41) is 6.33. The fourth-order valence-electron chi connectivity index (χ4n) is 3.45. The van der Waals surface area contributed by atoms with Gasteiger partial charge in [-0.2, -0.15) is 0 Å². The topological polar surface area (TPSA) is 75.2 Å². The molecule has 0 aromatic heterocycles. The second-order valence-corrected chi connectivity index (χ2v) is 7.33. The fraction of sp³-hybridized carbons (Fsp3) is 0.636. The Morgan fingerprint density at radius 3 is 2.53 bits per heavy atom. The molecule has 0 spiro atoms. The normalized spacial score (nSPS) is 14.9. The lowest BCUT2D eigenvalue weighted by Gasteiger charge is -2.32. The van der Waals surface area contributed by atoms with Gasteiger partial charge in [0.1, 0.15) is 0 Å². The third kappa shape index (κ3) is 10.6. The summed E-state index contributed by atoms with van der Waals surface area (Å²) in [5.41, 5.74) is 1.39. The van der Waals surface area contributed by atoms with Gasteiger partial charge in [0, 0.05) is 40.4 Å². The summed E-state index contributed by atoms with van der Waals surface area (Å²) in [6.07, 6.45) is 4.10. The zero-order valence-corrected chi connectivity index (χ0v) is 20.6. The molecule has 30 heavy (non-hydrogen) atoms. The molecule has 1 amide bonds. The number of hydrogen-bond acceptors (Lipinski definition) is 4. The number of ether oxygens (including phenoxy) is 2. The van der Waals surface area contributed by atoms with Gasteiger partial charge in [-0.3, -0.25) is 9.79 Å². The summed E-state index contributed by atoms with van der Waals surface area (Å²) in [6.45, 7) is 4.58. The van der Waals surface area contributed by atoms with E-state index in [4.69, 9.17) is 9.47 Å². The largest absolute Gasteiger partial charge is 0.382 e. The lowest BCUT2D eigenvalue weighted by atomic mass is 9.90. The molecule has 8 heteroatoms. The Balaban J connectivity index is 0.00000450. The summed E-state index contributed by atoms with van der Waals surface area (Å²) >= 11 is 0. The Morgan fingerprint density at radius 2 is 1.87 bits per heavy atom. The zero-order chi connectivity index (χ0) is 20.7. The first kappa shape index (κ1) is 26.6. The molecule has 0 saturated carbocycles. The van der Waals surface area contributed by atoms with Crippen molar-refractivity contribution in [2.75, 3.05) is 60.2 Å². The standard InChI is InChI=1S/C22H36N4O3.HI/c1-23-22(24-11-6-14-29-16-15-28-2)25-18-21(27)26-12-9-20(10-13-26)17-19-7-4-3-5-8-19;/h3-5,7-8,20H,6,9-18H2,1-2H3,(H2,23,24,25);1H. The molecule has 0 radical (unpaired) electrons. The summed E-state index contributed by atoms with van der Waals surface area (Å²) in [6, 6.07) is 10.6. The van der Waals surface area contributed by atoms with E-state index in [0.29, 0.717) is 31.7 Å².